The fourth-order valence-corrected chi connectivity index (χ4v) is 5.88. The van der Waals surface area contributed by atoms with Crippen molar-refractivity contribution >= 4 is 11.6 Å². The van der Waals surface area contributed by atoms with Crippen molar-refractivity contribution in [1.29, 1.82) is 0 Å². The lowest BCUT2D eigenvalue weighted by molar-refractivity contribution is -0.307. The summed E-state index contributed by atoms with van der Waals surface area (Å²) in [5.74, 6) is -0.568. The highest BCUT2D eigenvalue weighted by molar-refractivity contribution is 6.05. The van der Waals surface area contributed by atoms with Gasteiger partial charge in [0.15, 0.2) is 17.4 Å². The summed E-state index contributed by atoms with van der Waals surface area (Å²) in [6.07, 6.45) is 0. The van der Waals surface area contributed by atoms with Gasteiger partial charge in [0.05, 0.1) is 39.6 Å². The molecule has 11 nitrogen and oxygen atoms in total. The quantitative estimate of drug-likeness (QED) is 0.0780. The summed E-state index contributed by atoms with van der Waals surface area (Å²) in [5, 5.41) is 31.4. The van der Waals surface area contributed by atoms with Crippen LogP contribution >= 0.6 is 0 Å². The summed E-state index contributed by atoms with van der Waals surface area (Å²) in [6, 6.07) is 0. The third kappa shape index (κ3) is 10.8. The average Bonchev–Trinajstić information content (AvgIpc) is 3.03. The lowest BCUT2D eigenvalue weighted by Gasteiger charge is -2.39. The molecule has 0 radical (unpaired) electrons. The zero-order valence-electron chi connectivity index (χ0n) is 34.3. The highest BCUT2D eigenvalue weighted by atomic mass is 16.7. The number of carbonyl (C=O) groups excluding carboxylic acids is 2. The van der Waals surface area contributed by atoms with Gasteiger partial charge in [-0.1, -0.05) is 0 Å². The Labute approximate surface area is 310 Å². The summed E-state index contributed by atoms with van der Waals surface area (Å²) in [5.41, 5.74) is 3.29. The van der Waals surface area contributed by atoms with Gasteiger partial charge in [0.1, 0.15) is 41.5 Å². The van der Waals surface area contributed by atoms with E-state index in [4.69, 9.17) is 28.4 Å². The Balaban J connectivity index is 1.83. The van der Waals surface area contributed by atoms with E-state index in [2.05, 4.69) is 0 Å². The van der Waals surface area contributed by atoms with Crippen molar-refractivity contribution in [1.82, 2.24) is 0 Å². The lowest BCUT2D eigenvalue weighted by atomic mass is 9.85. The molecule has 0 saturated heterocycles. The van der Waals surface area contributed by atoms with Crippen LogP contribution in [0.1, 0.15) is 114 Å². The Bertz CT molecular complexity index is 1400. The van der Waals surface area contributed by atoms with Gasteiger partial charge >= 0.3 is 0 Å². The van der Waals surface area contributed by atoms with Gasteiger partial charge in [-0.15, -0.1) is 0 Å². The van der Waals surface area contributed by atoms with E-state index >= 15 is 0 Å². The molecule has 294 valence electrons. The minimum atomic E-state index is -1.47. The second kappa shape index (κ2) is 18.0. The van der Waals surface area contributed by atoms with Crippen molar-refractivity contribution in [3.63, 3.8) is 0 Å². The third-order valence-electron chi connectivity index (χ3n) is 9.95. The van der Waals surface area contributed by atoms with Crippen molar-refractivity contribution in [3.05, 3.63) is 55.6 Å². The molecule has 0 heterocycles. The van der Waals surface area contributed by atoms with E-state index in [9.17, 15) is 24.9 Å². The number of benzene rings is 2. The topological polar surface area (TPSA) is 150 Å². The first kappa shape index (κ1) is 45.3. The maximum absolute atomic E-state index is 12.9. The summed E-state index contributed by atoms with van der Waals surface area (Å²) < 4.78 is 35.5. The van der Waals surface area contributed by atoms with E-state index in [1.54, 1.807) is 20.8 Å². The molecule has 2 rings (SSSR count). The standard InChI is InChI=1S/C41H64O11/c1-24-28(5)34(29(6)25(2)32(24)36(42)38(9,10)44)49-20-16-47-18-22-51-41(15,40(13,14)46)52-23-19-48-17-21-50-35-30(7)26(3)33(27(4)31(35)8)37(43)39(11,12)45/h44-46H,16-23H2,1-15H3. The van der Waals surface area contributed by atoms with E-state index in [1.165, 1.54) is 27.7 Å². The fraction of sp³-hybridized carbons (Fsp3) is 0.659. The van der Waals surface area contributed by atoms with Crippen LogP contribution in [0.2, 0.25) is 0 Å². The molecule has 11 heteroatoms. The number of ether oxygens (including phenoxy) is 6. The van der Waals surface area contributed by atoms with E-state index in [-0.39, 0.29) is 51.2 Å². The van der Waals surface area contributed by atoms with Crippen LogP contribution in [0.5, 0.6) is 11.5 Å². The largest absolute Gasteiger partial charge is 0.491 e. The van der Waals surface area contributed by atoms with Crippen LogP contribution in [0.15, 0.2) is 0 Å². The van der Waals surface area contributed by atoms with Gasteiger partial charge in [-0.3, -0.25) is 9.59 Å². The zero-order valence-corrected chi connectivity index (χ0v) is 34.3. The van der Waals surface area contributed by atoms with Gasteiger partial charge < -0.3 is 43.7 Å². The molecule has 2 aromatic carbocycles. The van der Waals surface area contributed by atoms with Crippen LogP contribution in [0, 0.1) is 55.4 Å². The van der Waals surface area contributed by atoms with Crippen molar-refractivity contribution in [2.24, 2.45) is 0 Å². The predicted octanol–water partition coefficient (Wildman–Crippen LogP) is 6.07. The number of hydrogen-bond donors (Lipinski definition) is 3. The monoisotopic (exact) mass is 732 g/mol. The highest BCUT2D eigenvalue weighted by Gasteiger charge is 2.42. The van der Waals surface area contributed by atoms with Crippen molar-refractivity contribution in [2.75, 3.05) is 52.9 Å². The first-order chi connectivity index (χ1) is 23.8. The average molecular weight is 733 g/mol. The Morgan fingerprint density at radius 3 is 0.962 bits per heavy atom. The van der Waals surface area contributed by atoms with Crippen molar-refractivity contribution < 1.29 is 53.3 Å². The van der Waals surface area contributed by atoms with Gasteiger partial charge in [-0.05, 0) is 148 Å². The van der Waals surface area contributed by atoms with Crippen LogP contribution in [0.3, 0.4) is 0 Å². The van der Waals surface area contributed by atoms with Crippen LogP contribution in [0.4, 0.5) is 0 Å². The molecule has 0 aliphatic heterocycles. The first-order valence-corrected chi connectivity index (χ1v) is 18.0. The van der Waals surface area contributed by atoms with Gasteiger partial charge in [-0.25, -0.2) is 0 Å². The molecular weight excluding hydrogens is 668 g/mol. The summed E-state index contributed by atoms with van der Waals surface area (Å²) >= 11 is 0. The molecule has 0 aliphatic rings. The Morgan fingerprint density at radius 1 is 0.442 bits per heavy atom. The van der Waals surface area contributed by atoms with E-state index in [0.717, 1.165) is 44.5 Å². The summed E-state index contributed by atoms with van der Waals surface area (Å²) in [4.78, 5) is 25.8. The smallest absolute Gasteiger partial charge is 0.194 e. The minimum Gasteiger partial charge on any atom is -0.491 e. The second-order valence-corrected chi connectivity index (χ2v) is 15.3. The normalized spacial score (nSPS) is 12.7. The third-order valence-corrected chi connectivity index (χ3v) is 9.95. The molecule has 3 N–H and O–H groups in total. The van der Waals surface area contributed by atoms with Crippen molar-refractivity contribution in [2.45, 2.75) is 126 Å². The molecule has 52 heavy (non-hydrogen) atoms. The number of rotatable bonds is 21. The molecule has 0 atom stereocenters. The maximum Gasteiger partial charge on any atom is 0.194 e. The van der Waals surface area contributed by atoms with E-state index in [1.807, 2.05) is 55.4 Å². The number of carbonyl (C=O) groups is 2. The van der Waals surface area contributed by atoms with Gasteiger partial charge in [0.25, 0.3) is 0 Å². The van der Waals surface area contributed by atoms with Crippen LogP contribution in [-0.2, 0) is 18.9 Å². The SMILES string of the molecule is Cc1c(C)c(C(=O)C(C)(C)O)c(C)c(C)c1OCCOCCOC(C)(OCCOCCOc1c(C)c(C)c(C(=O)C(C)(C)O)c(C)c1C)C(C)(C)O. The van der Waals surface area contributed by atoms with Crippen LogP contribution in [0.25, 0.3) is 0 Å². The van der Waals surface area contributed by atoms with Crippen LogP contribution in [-0.4, -0.2) is 102 Å². The maximum atomic E-state index is 12.9. The molecule has 0 bridgehead atoms. The molecule has 0 spiro atoms. The number of Topliss-reactive ketones (excluding diaryl/α,β-unsaturated/α-hetero) is 2. The Kier molecular flexibility index (Phi) is 15.6. The van der Waals surface area contributed by atoms with Gasteiger partial charge in [-0.2, -0.15) is 0 Å². The second-order valence-electron chi connectivity index (χ2n) is 15.3. The first-order valence-electron chi connectivity index (χ1n) is 18.0. The summed E-state index contributed by atoms with van der Waals surface area (Å²) in [7, 11) is 0. The lowest BCUT2D eigenvalue weighted by Crippen LogP contribution is -2.52. The molecule has 0 saturated carbocycles. The molecule has 0 aromatic heterocycles. The van der Waals surface area contributed by atoms with Gasteiger partial charge in [0.2, 0.25) is 0 Å². The zero-order chi connectivity index (χ0) is 40.0. The molecule has 0 fully saturated rings. The van der Waals surface area contributed by atoms with E-state index < -0.39 is 22.6 Å². The molecule has 2 aromatic rings. The predicted molar refractivity (Wildman–Crippen MR) is 201 cm³/mol. The minimum absolute atomic E-state index is 0.164. The van der Waals surface area contributed by atoms with Crippen LogP contribution < -0.4 is 9.47 Å². The number of aliphatic hydroxyl groups is 3. The molecule has 0 unspecified atom stereocenters. The number of hydrogen-bond acceptors (Lipinski definition) is 11. The van der Waals surface area contributed by atoms with Gasteiger partial charge in [0, 0.05) is 11.1 Å². The Hall–Kier alpha value is -2.90. The summed E-state index contributed by atoms with van der Waals surface area (Å²) in [6.45, 7) is 27.9. The Morgan fingerprint density at radius 2 is 0.712 bits per heavy atom. The molecular formula is C41H64O11. The fourth-order valence-electron chi connectivity index (χ4n) is 5.88. The van der Waals surface area contributed by atoms with Crippen molar-refractivity contribution in [3.8, 4) is 11.5 Å². The number of ketones is 2. The molecule has 0 aliphatic carbocycles. The van der Waals surface area contributed by atoms with E-state index in [0.29, 0.717) is 35.8 Å². The molecule has 0 amide bonds. The highest BCUT2D eigenvalue weighted by Crippen LogP contribution is 2.36.